The highest BCUT2D eigenvalue weighted by Crippen LogP contribution is 2.41. The smallest absolute Gasteiger partial charge is 0.429 e. The maximum atomic E-state index is 13.0. The van der Waals surface area contributed by atoms with Gasteiger partial charge in [0.25, 0.3) is 11.8 Å². The number of aromatic nitrogens is 3. The molecule has 4 heterocycles. The number of nitrogens with one attached hydrogen (secondary N) is 2. The van der Waals surface area contributed by atoms with Crippen LogP contribution in [0.3, 0.4) is 0 Å². The number of allylic oxidation sites excluding steroid dienone is 1. The second-order valence-electron chi connectivity index (χ2n) is 8.03. The van der Waals surface area contributed by atoms with Crippen LogP contribution in [0.25, 0.3) is 0 Å². The van der Waals surface area contributed by atoms with Gasteiger partial charge in [-0.05, 0) is 41.8 Å². The molecule has 2 aromatic heterocycles. The summed E-state index contributed by atoms with van der Waals surface area (Å²) in [6.45, 7) is 1.69. The lowest BCUT2D eigenvalue weighted by Gasteiger charge is -2.50. The molecule has 15 nitrogen and oxygen atoms in total. The molecule has 0 aromatic carbocycles. The Morgan fingerprint density at radius 3 is 2.88 bits per heavy atom. The van der Waals surface area contributed by atoms with Crippen molar-refractivity contribution in [3.8, 4) is 0 Å². The predicted octanol–water partition coefficient (Wildman–Crippen LogP) is -0.682. The first-order valence-corrected chi connectivity index (χ1v) is 15.7. The Kier molecular flexibility index (Phi) is 9.27. The zero-order valence-corrected chi connectivity index (χ0v) is 24.1. The third-order valence-corrected chi connectivity index (χ3v) is 8.85. The Balaban J connectivity index is 1.49. The number of amides is 2. The molecule has 1 unspecified atom stereocenters. The van der Waals surface area contributed by atoms with E-state index in [0.29, 0.717) is 17.1 Å². The van der Waals surface area contributed by atoms with E-state index < -0.39 is 42.7 Å². The van der Waals surface area contributed by atoms with E-state index in [2.05, 4.69) is 19.8 Å². The van der Waals surface area contributed by atoms with Crippen molar-refractivity contribution in [2.24, 2.45) is 12.2 Å². The van der Waals surface area contributed by atoms with Crippen LogP contribution in [0.15, 0.2) is 57.3 Å². The molecule has 0 spiro atoms. The molecule has 4 N–H and O–H groups in total. The Labute approximate surface area is 239 Å². The van der Waals surface area contributed by atoms with Crippen LogP contribution < -0.4 is 20.1 Å². The van der Waals surface area contributed by atoms with Crippen LogP contribution in [0.4, 0.5) is 5.13 Å². The molecule has 0 bridgehead atoms. The number of aryl methyl sites for hydroxylation is 1. The van der Waals surface area contributed by atoms with Crippen molar-refractivity contribution in [3.63, 3.8) is 0 Å². The largest absolute Gasteiger partial charge is 0.543 e. The number of hydrogen-bond donors (Lipinski definition) is 4. The Hall–Kier alpha value is -3.28. The summed E-state index contributed by atoms with van der Waals surface area (Å²) in [5.41, 5.74) is -0.318. The zero-order valence-electron chi connectivity index (χ0n) is 20.8. The molecule has 2 aliphatic heterocycles. The Morgan fingerprint density at radius 1 is 1.43 bits per heavy atom. The number of nitrogens with zero attached hydrogens (tertiary/aromatic N) is 5. The monoisotopic (exact) mass is 627 g/mol. The lowest BCUT2D eigenvalue weighted by molar-refractivity contribution is -0.708. The van der Waals surface area contributed by atoms with Gasteiger partial charge in [0.2, 0.25) is 21.7 Å². The number of carboxylic acids is 1. The summed E-state index contributed by atoms with van der Waals surface area (Å²) in [7, 11) is -2.79. The van der Waals surface area contributed by atoms with Crippen LogP contribution in [-0.4, -0.2) is 71.3 Å². The number of thioether (sulfide) groups is 2. The van der Waals surface area contributed by atoms with E-state index in [1.165, 1.54) is 23.5 Å². The molecule has 2 aliphatic rings. The minimum absolute atomic E-state index is 0.0833. The number of fused-ring (bicyclic) bond motifs is 1. The molecule has 40 heavy (non-hydrogen) atoms. The average Bonchev–Trinajstić information content (AvgIpc) is 3.34. The normalized spacial score (nSPS) is 19.4. The molecule has 19 heteroatoms. The Bertz CT molecular complexity index is 1470. The van der Waals surface area contributed by atoms with E-state index >= 15 is 0 Å². The fourth-order valence-electron chi connectivity index (χ4n) is 3.59. The fourth-order valence-corrected chi connectivity index (χ4v) is 6.91. The molecular weight excluding hydrogens is 605 g/mol. The second-order valence-corrected chi connectivity index (χ2v) is 12.1. The number of anilines is 1. The first-order chi connectivity index (χ1) is 19.0. The molecule has 0 saturated carbocycles. The molecule has 4 rings (SSSR count). The first kappa shape index (κ1) is 29.7. The number of hydrogen-bond acceptors (Lipinski definition) is 12. The van der Waals surface area contributed by atoms with Crippen LogP contribution in [0.2, 0.25) is 0 Å². The number of aliphatic carboxylic acids is 1. The summed E-state index contributed by atoms with van der Waals surface area (Å²) in [5, 5.41) is 21.7. The van der Waals surface area contributed by atoms with E-state index in [1.54, 1.807) is 18.4 Å². The summed E-state index contributed by atoms with van der Waals surface area (Å²) < 4.78 is 16.9. The minimum Gasteiger partial charge on any atom is -0.543 e. The fraction of sp³-hybridized carbons (Fsp3) is 0.286. The van der Waals surface area contributed by atoms with E-state index in [-0.39, 0.29) is 29.0 Å². The van der Waals surface area contributed by atoms with Gasteiger partial charge in [-0.15, -0.1) is 11.8 Å². The van der Waals surface area contributed by atoms with Gasteiger partial charge in [-0.2, -0.15) is 13.9 Å². The van der Waals surface area contributed by atoms with E-state index in [4.69, 9.17) is 14.6 Å². The third-order valence-electron chi connectivity index (χ3n) is 5.32. The standard InChI is InChI=1S/C21H22N7O8PS3/c1-3-36-24-13(16-23-21(40-26-16)25-37(33,34)35)17(29)22-14-18(30)28-15(20(31)32)11(10-39-19(14)28)7-9-38-12-6-4-5-8-27(12)2/h4-9,14,19H,3,10H2,1-2H3,(H4-,22,23,25,26,29,31,32,33,34,35)/t14?,19-/m1/s1. The number of carboxylic acid groups (broad SMARTS) is 1. The van der Waals surface area contributed by atoms with Gasteiger partial charge in [0, 0.05) is 29.4 Å². The van der Waals surface area contributed by atoms with E-state index in [9.17, 15) is 24.1 Å². The van der Waals surface area contributed by atoms with Gasteiger partial charge >= 0.3 is 7.75 Å². The maximum absolute atomic E-state index is 13.0. The Morgan fingerprint density at radius 2 is 2.20 bits per heavy atom. The summed E-state index contributed by atoms with van der Waals surface area (Å²) in [6.07, 6.45) is 3.50. The van der Waals surface area contributed by atoms with Crippen LogP contribution in [-0.2, 0) is 30.8 Å². The van der Waals surface area contributed by atoms with Crippen LogP contribution in [0.1, 0.15) is 12.7 Å². The van der Waals surface area contributed by atoms with Gasteiger partial charge in [-0.3, -0.25) is 19.6 Å². The van der Waals surface area contributed by atoms with Crippen molar-refractivity contribution < 1.29 is 43.2 Å². The minimum atomic E-state index is -4.67. The van der Waals surface area contributed by atoms with E-state index in [0.717, 1.165) is 9.93 Å². The molecule has 2 aromatic rings. The molecule has 1 saturated heterocycles. The SMILES string of the molecule is CCON=C(C(=O)NC1C(=O)N2C(C(=O)[O-])=C(C=CSc3cccc[n+]3C)CS[C@H]12)c1nsc(NP(=O)(O)O)n1. The van der Waals surface area contributed by atoms with Crippen molar-refractivity contribution in [2.75, 3.05) is 17.4 Å². The van der Waals surface area contributed by atoms with Gasteiger partial charge in [-0.25, -0.2) is 4.57 Å². The lowest BCUT2D eigenvalue weighted by atomic mass is 10.0. The molecule has 2 atom stereocenters. The third kappa shape index (κ3) is 6.71. The van der Waals surface area contributed by atoms with Gasteiger partial charge in [0.1, 0.15) is 25.1 Å². The van der Waals surface area contributed by atoms with Gasteiger partial charge < -0.3 is 29.8 Å². The number of oxime groups is 1. The van der Waals surface area contributed by atoms with Gasteiger partial charge in [0.05, 0.1) is 11.7 Å². The van der Waals surface area contributed by atoms with Crippen molar-refractivity contribution in [1.29, 1.82) is 0 Å². The predicted molar refractivity (Wildman–Crippen MR) is 143 cm³/mol. The molecule has 1 fully saturated rings. The average molecular weight is 628 g/mol. The molecule has 2 amide bonds. The number of carbonyl (C=O) groups is 3. The van der Waals surface area contributed by atoms with Crippen molar-refractivity contribution in [2.45, 2.75) is 23.4 Å². The highest BCUT2D eigenvalue weighted by molar-refractivity contribution is 8.02. The molecule has 0 aliphatic carbocycles. The number of rotatable bonds is 11. The number of pyridine rings is 1. The topological polar surface area (TPSA) is 210 Å². The summed E-state index contributed by atoms with van der Waals surface area (Å²) in [4.78, 5) is 66.1. The highest BCUT2D eigenvalue weighted by atomic mass is 32.2. The molecular formula is C21H22N7O8PS3. The molecule has 0 radical (unpaired) electrons. The summed E-state index contributed by atoms with van der Waals surface area (Å²) >= 11 is 3.21. The van der Waals surface area contributed by atoms with Crippen LogP contribution in [0.5, 0.6) is 0 Å². The molecule has 212 valence electrons. The zero-order chi connectivity index (χ0) is 29.0. The van der Waals surface area contributed by atoms with Crippen molar-refractivity contribution >= 4 is 71.4 Å². The number of β-lactam (4-membered cyclic amide) rings is 1. The number of carbonyl (C=O) groups excluding carboxylic acids is 3. The van der Waals surface area contributed by atoms with E-state index in [1.807, 2.05) is 41.1 Å². The summed E-state index contributed by atoms with van der Waals surface area (Å²) in [5.74, 6) is -3.13. The quantitative estimate of drug-likeness (QED) is 0.0608. The van der Waals surface area contributed by atoms with Crippen molar-refractivity contribution in [3.05, 3.63) is 53.0 Å². The summed E-state index contributed by atoms with van der Waals surface area (Å²) in [6, 6.07) is 4.57. The van der Waals surface area contributed by atoms with Crippen LogP contribution in [0, 0.1) is 0 Å². The van der Waals surface area contributed by atoms with Crippen molar-refractivity contribution in [1.82, 2.24) is 19.6 Å². The highest BCUT2D eigenvalue weighted by Gasteiger charge is 2.53. The first-order valence-electron chi connectivity index (χ1n) is 11.4. The van der Waals surface area contributed by atoms with Crippen LogP contribution >= 0.6 is 42.8 Å². The maximum Gasteiger partial charge on any atom is 0.429 e. The van der Waals surface area contributed by atoms with Gasteiger partial charge in [-0.1, -0.05) is 5.16 Å². The lowest BCUT2D eigenvalue weighted by Crippen LogP contribution is -2.71. The van der Waals surface area contributed by atoms with Gasteiger partial charge in [0.15, 0.2) is 6.20 Å². The second kappa shape index (κ2) is 12.5.